The predicted octanol–water partition coefficient (Wildman–Crippen LogP) is 8.67. The highest BCUT2D eigenvalue weighted by molar-refractivity contribution is 8.00. The topological polar surface area (TPSA) is 87.3 Å². The van der Waals surface area contributed by atoms with Gasteiger partial charge in [-0.3, -0.25) is 14.4 Å². The van der Waals surface area contributed by atoms with E-state index in [4.69, 9.17) is 11.6 Å². The van der Waals surface area contributed by atoms with E-state index in [9.17, 15) is 18.8 Å². The summed E-state index contributed by atoms with van der Waals surface area (Å²) in [5.41, 5.74) is 3.98. The van der Waals surface area contributed by atoms with Crippen LogP contribution in [0, 0.1) is 12.7 Å². The van der Waals surface area contributed by atoms with Crippen molar-refractivity contribution >= 4 is 58.5 Å². The molecular formula is C37H29ClFN3O3S. The van der Waals surface area contributed by atoms with Crippen LogP contribution >= 0.6 is 23.4 Å². The molecule has 3 amide bonds. The van der Waals surface area contributed by atoms with E-state index >= 15 is 0 Å². The van der Waals surface area contributed by atoms with E-state index in [-0.39, 0.29) is 16.6 Å². The molecule has 46 heavy (non-hydrogen) atoms. The van der Waals surface area contributed by atoms with Gasteiger partial charge in [-0.15, -0.1) is 11.8 Å². The highest BCUT2D eigenvalue weighted by Crippen LogP contribution is 2.37. The van der Waals surface area contributed by atoms with Crippen LogP contribution < -0.4 is 16.0 Å². The number of amides is 3. The van der Waals surface area contributed by atoms with Crippen LogP contribution in [0.4, 0.5) is 15.8 Å². The number of nitrogens with one attached hydrogen (secondary N) is 3. The number of aryl methyl sites for hydroxylation is 1. The molecule has 0 aliphatic carbocycles. The number of anilines is 2. The van der Waals surface area contributed by atoms with Gasteiger partial charge in [0.25, 0.3) is 11.8 Å². The molecule has 0 aliphatic heterocycles. The molecule has 0 heterocycles. The summed E-state index contributed by atoms with van der Waals surface area (Å²) in [6.45, 7) is 1.97. The van der Waals surface area contributed by atoms with Gasteiger partial charge in [-0.2, -0.15) is 0 Å². The molecule has 6 nitrogen and oxygen atoms in total. The average molecular weight is 650 g/mol. The molecule has 0 aliphatic rings. The molecule has 0 saturated carbocycles. The summed E-state index contributed by atoms with van der Waals surface area (Å²) in [6.07, 6.45) is 1.62. The summed E-state index contributed by atoms with van der Waals surface area (Å²) in [5.74, 6) is -1.78. The third kappa shape index (κ3) is 8.72. The highest BCUT2D eigenvalue weighted by Gasteiger charge is 2.23. The van der Waals surface area contributed by atoms with Crippen LogP contribution in [0.25, 0.3) is 6.08 Å². The Kier molecular flexibility index (Phi) is 10.7. The molecule has 0 spiro atoms. The van der Waals surface area contributed by atoms with Gasteiger partial charge in [-0.05, 0) is 78.7 Å². The maximum absolute atomic E-state index is 13.6. The summed E-state index contributed by atoms with van der Waals surface area (Å²) >= 11 is 7.23. The molecule has 3 N–H and O–H groups in total. The van der Waals surface area contributed by atoms with Crippen LogP contribution in [-0.4, -0.2) is 17.7 Å². The summed E-state index contributed by atoms with van der Waals surface area (Å²) < 4.78 is 13.6. The van der Waals surface area contributed by atoms with E-state index < -0.39 is 22.9 Å². The number of halogens is 2. The molecule has 0 saturated heterocycles. The minimum atomic E-state index is -0.636. The molecule has 0 fully saturated rings. The van der Waals surface area contributed by atoms with Gasteiger partial charge in [-0.25, -0.2) is 4.39 Å². The Hall–Kier alpha value is -5.18. The summed E-state index contributed by atoms with van der Waals surface area (Å²) in [6, 6.07) is 36.6. The average Bonchev–Trinajstić information content (AvgIpc) is 3.07. The van der Waals surface area contributed by atoms with Gasteiger partial charge in [-0.1, -0.05) is 90.0 Å². The minimum Gasteiger partial charge on any atom is -0.325 e. The fourth-order valence-electron chi connectivity index (χ4n) is 4.41. The van der Waals surface area contributed by atoms with Crippen molar-refractivity contribution in [1.82, 2.24) is 5.32 Å². The molecule has 5 aromatic carbocycles. The second-order valence-electron chi connectivity index (χ2n) is 10.3. The van der Waals surface area contributed by atoms with Gasteiger partial charge in [0.1, 0.15) is 16.8 Å². The van der Waals surface area contributed by atoms with Crippen molar-refractivity contribution in [1.29, 1.82) is 0 Å². The number of rotatable bonds is 10. The van der Waals surface area contributed by atoms with E-state index in [1.807, 2.05) is 67.6 Å². The number of carbonyl (C=O) groups is 3. The molecule has 0 bridgehead atoms. The molecule has 5 rings (SSSR count). The van der Waals surface area contributed by atoms with Crippen molar-refractivity contribution in [3.8, 4) is 0 Å². The fourth-order valence-corrected chi connectivity index (χ4v) is 5.61. The van der Waals surface area contributed by atoms with Crippen LogP contribution in [-0.2, 0) is 9.59 Å². The number of thioether (sulfide) groups is 1. The predicted molar refractivity (Wildman–Crippen MR) is 183 cm³/mol. The van der Waals surface area contributed by atoms with Gasteiger partial charge >= 0.3 is 0 Å². The molecular weight excluding hydrogens is 621 g/mol. The lowest BCUT2D eigenvalue weighted by molar-refractivity contribution is -0.116. The largest absolute Gasteiger partial charge is 0.325 e. The van der Waals surface area contributed by atoms with E-state index in [1.165, 1.54) is 30.0 Å². The fraction of sp³-hybridized carbons (Fsp3) is 0.0541. The zero-order chi connectivity index (χ0) is 32.5. The molecule has 0 aromatic heterocycles. The zero-order valence-corrected chi connectivity index (χ0v) is 26.2. The van der Waals surface area contributed by atoms with E-state index in [0.29, 0.717) is 16.9 Å². The molecule has 1 atom stereocenters. The molecule has 5 aromatic rings. The van der Waals surface area contributed by atoms with Crippen LogP contribution in [0.2, 0.25) is 5.02 Å². The SMILES string of the molecule is Cc1ccc(/C=C(\NC(=O)c2ccccc2)C(=O)Nc2ccc(SC(C(=O)Nc3ccc(F)c(Cl)c3)c3ccccc3)cc2)cc1. The Bertz CT molecular complexity index is 1870. The standard InChI is InChI=1S/C37H29ClFN3O3S/c1-24-12-14-25(15-13-24)22-33(42-35(43)27-10-6-3-7-11-27)36(44)40-28-16-19-30(20-17-28)46-34(26-8-4-2-5-9-26)37(45)41-29-18-21-32(39)31(38)23-29/h2-23,34H,1H3,(H,40,44)(H,41,45)(H,42,43)/b33-22-. The number of benzene rings is 5. The number of hydrogen-bond acceptors (Lipinski definition) is 4. The van der Waals surface area contributed by atoms with Crippen LogP contribution in [0.5, 0.6) is 0 Å². The Morgan fingerprint density at radius 3 is 2.04 bits per heavy atom. The third-order valence-electron chi connectivity index (χ3n) is 6.81. The second-order valence-corrected chi connectivity index (χ2v) is 11.9. The Morgan fingerprint density at radius 1 is 0.761 bits per heavy atom. The normalized spacial score (nSPS) is 11.8. The Balaban J connectivity index is 1.32. The molecule has 230 valence electrons. The van der Waals surface area contributed by atoms with E-state index in [2.05, 4.69) is 16.0 Å². The summed E-state index contributed by atoms with van der Waals surface area (Å²) in [4.78, 5) is 40.5. The van der Waals surface area contributed by atoms with Gasteiger partial charge in [0.2, 0.25) is 5.91 Å². The van der Waals surface area contributed by atoms with Crippen molar-refractivity contribution in [3.63, 3.8) is 0 Å². The van der Waals surface area contributed by atoms with Crippen molar-refractivity contribution in [2.24, 2.45) is 0 Å². The van der Waals surface area contributed by atoms with Gasteiger partial charge < -0.3 is 16.0 Å². The van der Waals surface area contributed by atoms with Gasteiger partial charge in [0, 0.05) is 21.8 Å². The van der Waals surface area contributed by atoms with Crippen molar-refractivity contribution in [2.45, 2.75) is 17.1 Å². The Labute approximate surface area is 275 Å². The summed E-state index contributed by atoms with van der Waals surface area (Å²) in [7, 11) is 0. The molecule has 1 unspecified atom stereocenters. The Morgan fingerprint density at radius 2 is 1.39 bits per heavy atom. The van der Waals surface area contributed by atoms with Gasteiger partial charge in [0.15, 0.2) is 0 Å². The first-order chi connectivity index (χ1) is 22.2. The minimum absolute atomic E-state index is 0.0814. The first kappa shape index (κ1) is 32.2. The lowest BCUT2D eigenvalue weighted by atomic mass is 10.1. The van der Waals surface area contributed by atoms with Crippen LogP contribution in [0.15, 0.2) is 138 Å². The van der Waals surface area contributed by atoms with Gasteiger partial charge in [0.05, 0.1) is 5.02 Å². The van der Waals surface area contributed by atoms with E-state index in [0.717, 1.165) is 21.6 Å². The number of hydrogen-bond donors (Lipinski definition) is 3. The van der Waals surface area contributed by atoms with Crippen LogP contribution in [0.3, 0.4) is 0 Å². The zero-order valence-electron chi connectivity index (χ0n) is 24.7. The summed E-state index contributed by atoms with van der Waals surface area (Å²) in [5, 5.41) is 7.69. The smallest absolute Gasteiger partial charge is 0.272 e. The maximum Gasteiger partial charge on any atom is 0.272 e. The quantitative estimate of drug-likeness (QED) is 0.104. The van der Waals surface area contributed by atoms with Crippen molar-refractivity contribution in [2.75, 3.05) is 10.6 Å². The monoisotopic (exact) mass is 649 g/mol. The van der Waals surface area contributed by atoms with Crippen molar-refractivity contribution < 1.29 is 18.8 Å². The lowest BCUT2D eigenvalue weighted by Crippen LogP contribution is -2.30. The van der Waals surface area contributed by atoms with Crippen molar-refractivity contribution in [3.05, 3.63) is 166 Å². The number of carbonyl (C=O) groups excluding carboxylic acids is 3. The first-order valence-electron chi connectivity index (χ1n) is 14.3. The lowest BCUT2D eigenvalue weighted by Gasteiger charge is -2.18. The molecule has 9 heteroatoms. The third-order valence-corrected chi connectivity index (χ3v) is 8.37. The maximum atomic E-state index is 13.6. The first-order valence-corrected chi connectivity index (χ1v) is 15.5. The van der Waals surface area contributed by atoms with E-state index in [1.54, 1.807) is 54.6 Å². The van der Waals surface area contributed by atoms with Crippen LogP contribution in [0.1, 0.15) is 32.3 Å². The highest BCUT2D eigenvalue weighted by atomic mass is 35.5. The molecule has 0 radical (unpaired) electrons. The second kappa shape index (κ2) is 15.2.